The molecule has 0 unspecified atom stereocenters. The van der Waals surface area contributed by atoms with E-state index in [2.05, 4.69) is 34.6 Å². The Kier molecular flexibility index (Phi) is 3.09. The highest BCUT2D eigenvalue weighted by molar-refractivity contribution is 5.83. The predicted octanol–water partition coefficient (Wildman–Crippen LogP) is 2.24. The Balaban J connectivity index is 4.67. The summed E-state index contributed by atoms with van der Waals surface area (Å²) in [5, 5.41) is 7.49. The lowest BCUT2D eigenvalue weighted by molar-refractivity contribution is 0.231. The maximum Gasteiger partial charge on any atom is 0.0971 e. The Hall–Kier alpha value is -0.530. The van der Waals surface area contributed by atoms with Gasteiger partial charge in [0.05, 0.1) is 5.84 Å². The topological polar surface area (TPSA) is 49.9 Å². The van der Waals surface area contributed by atoms with E-state index in [-0.39, 0.29) is 5.41 Å². The summed E-state index contributed by atoms with van der Waals surface area (Å²) in [7, 11) is 0. The van der Waals surface area contributed by atoms with Crippen LogP contribution in [0, 0.1) is 22.7 Å². The van der Waals surface area contributed by atoms with Crippen LogP contribution in [0.1, 0.15) is 34.6 Å². The minimum absolute atomic E-state index is 0.139. The molecule has 0 radical (unpaired) electrons. The summed E-state index contributed by atoms with van der Waals surface area (Å²) in [6, 6.07) is 0. The van der Waals surface area contributed by atoms with Crippen molar-refractivity contribution in [3.8, 4) is 0 Å². The number of hydrogen-bond donors (Lipinski definition) is 2. The molecular formula is C9H20N2. The van der Waals surface area contributed by atoms with Crippen LogP contribution in [0.5, 0.6) is 0 Å². The minimum atomic E-state index is -0.139. The van der Waals surface area contributed by atoms with Gasteiger partial charge in [0.1, 0.15) is 0 Å². The second kappa shape index (κ2) is 3.24. The normalized spacial score (nSPS) is 12.6. The highest BCUT2D eigenvalue weighted by atomic mass is 14.8. The monoisotopic (exact) mass is 156 g/mol. The molecule has 66 valence electrons. The predicted molar refractivity (Wildman–Crippen MR) is 49.7 cm³/mol. The summed E-state index contributed by atoms with van der Waals surface area (Å²) in [5.41, 5.74) is 5.42. The Morgan fingerprint density at radius 1 is 1.18 bits per heavy atom. The first-order valence-corrected chi connectivity index (χ1v) is 4.18. The van der Waals surface area contributed by atoms with Crippen LogP contribution in [0.3, 0.4) is 0 Å². The number of rotatable bonds is 3. The Morgan fingerprint density at radius 2 is 1.45 bits per heavy atom. The Morgan fingerprint density at radius 3 is 1.45 bits per heavy atom. The SMILES string of the molecule is CC(C)C(C)(C(=N)N)C(C)C. The van der Waals surface area contributed by atoms with Gasteiger partial charge in [0.15, 0.2) is 0 Å². The molecule has 2 nitrogen and oxygen atoms in total. The van der Waals surface area contributed by atoms with Crippen LogP contribution in [0.2, 0.25) is 0 Å². The third-order valence-electron chi connectivity index (χ3n) is 2.98. The van der Waals surface area contributed by atoms with Gasteiger partial charge in [-0.1, -0.05) is 34.6 Å². The van der Waals surface area contributed by atoms with Crippen molar-refractivity contribution >= 4 is 5.84 Å². The van der Waals surface area contributed by atoms with Gasteiger partial charge in [-0.25, -0.2) is 0 Å². The molecule has 0 aromatic rings. The summed E-state index contributed by atoms with van der Waals surface area (Å²) in [6.45, 7) is 10.5. The molecule has 0 aliphatic heterocycles. The van der Waals surface area contributed by atoms with E-state index in [0.29, 0.717) is 17.7 Å². The van der Waals surface area contributed by atoms with Crippen molar-refractivity contribution in [2.75, 3.05) is 0 Å². The molecule has 11 heavy (non-hydrogen) atoms. The van der Waals surface area contributed by atoms with E-state index >= 15 is 0 Å². The van der Waals surface area contributed by atoms with Crippen LogP contribution in [0.4, 0.5) is 0 Å². The minimum Gasteiger partial charge on any atom is -0.387 e. The zero-order chi connectivity index (χ0) is 9.23. The fourth-order valence-corrected chi connectivity index (χ4v) is 1.29. The summed E-state index contributed by atoms with van der Waals surface area (Å²) >= 11 is 0. The molecule has 0 aliphatic rings. The van der Waals surface area contributed by atoms with E-state index in [1.807, 2.05) is 0 Å². The van der Waals surface area contributed by atoms with E-state index in [9.17, 15) is 0 Å². The molecule has 0 rings (SSSR count). The van der Waals surface area contributed by atoms with Crippen LogP contribution >= 0.6 is 0 Å². The maximum atomic E-state index is 7.49. The highest BCUT2D eigenvalue weighted by Gasteiger charge is 2.34. The van der Waals surface area contributed by atoms with Crippen LogP contribution in [-0.2, 0) is 0 Å². The second-order valence-corrected chi connectivity index (χ2v) is 4.01. The molecule has 0 bridgehead atoms. The van der Waals surface area contributed by atoms with Gasteiger partial charge in [-0.3, -0.25) is 5.41 Å². The Bertz CT molecular complexity index is 140. The van der Waals surface area contributed by atoms with Crippen molar-refractivity contribution in [2.24, 2.45) is 23.0 Å². The van der Waals surface area contributed by atoms with Gasteiger partial charge in [-0.2, -0.15) is 0 Å². The summed E-state index contributed by atoms with van der Waals surface area (Å²) in [5.74, 6) is 1.17. The van der Waals surface area contributed by atoms with Gasteiger partial charge in [0, 0.05) is 5.41 Å². The van der Waals surface area contributed by atoms with Gasteiger partial charge in [-0.15, -0.1) is 0 Å². The average molecular weight is 156 g/mol. The fraction of sp³-hybridized carbons (Fsp3) is 0.889. The van der Waals surface area contributed by atoms with Crippen LogP contribution in [0.15, 0.2) is 0 Å². The molecular weight excluding hydrogens is 136 g/mol. The Labute approximate surface area is 69.7 Å². The standard InChI is InChI=1S/C9H20N2/c1-6(2)9(5,7(3)4)8(10)11/h6-7H,1-5H3,(H3,10,11). The van der Waals surface area contributed by atoms with Crippen LogP contribution in [0.25, 0.3) is 0 Å². The molecule has 0 spiro atoms. The van der Waals surface area contributed by atoms with E-state index in [4.69, 9.17) is 11.1 Å². The van der Waals surface area contributed by atoms with Gasteiger partial charge in [0.2, 0.25) is 0 Å². The zero-order valence-corrected chi connectivity index (χ0v) is 8.23. The van der Waals surface area contributed by atoms with Crippen molar-refractivity contribution in [1.29, 1.82) is 5.41 Å². The lowest BCUT2D eigenvalue weighted by Gasteiger charge is -2.36. The van der Waals surface area contributed by atoms with Crippen molar-refractivity contribution < 1.29 is 0 Å². The number of amidine groups is 1. The third kappa shape index (κ3) is 1.73. The second-order valence-electron chi connectivity index (χ2n) is 4.01. The number of hydrogen-bond acceptors (Lipinski definition) is 1. The first-order valence-electron chi connectivity index (χ1n) is 4.18. The van der Waals surface area contributed by atoms with E-state index < -0.39 is 0 Å². The lowest BCUT2D eigenvalue weighted by atomic mass is 9.70. The van der Waals surface area contributed by atoms with Gasteiger partial charge in [-0.05, 0) is 11.8 Å². The highest BCUT2D eigenvalue weighted by Crippen LogP contribution is 2.34. The third-order valence-corrected chi connectivity index (χ3v) is 2.98. The molecule has 0 aromatic heterocycles. The molecule has 0 saturated carbocycles. The molecule has 0 fully saturated rings. The van der Waals surface area contributed by atoms with Crippen molar-refractivity contribution in [3.05, 3.63) is 0 Å². The number of nitrogens with one attached hydrogen (secondary N) is 1. The molecule has 0 aromatic carbocycles. The van der Waals surface area contributed by atoms with E-state index in [1.165, 1.54) is 0 Å². The van der Waals surface area contributed by atoms with Crippen molar-refractivity contribution in [3.63, 3.8) is 0 Å². The van der Waals surface area contributed by atoms with E-state index in [1.54, 1.807) is 0 Å². The van der Waals surface area contributed by atoms with E-state index in [0.717, 1.165) is 0 Å². The smallest absolute Gasteiger partial charge is 0.0971 e. The quantitative estimate of drug-likeness (QED) is 0.478. The molecule has 3 N–H and O–H groups in total. The first-order chi connectivity index (χ1) is 4.83. The summed E-state index contributed by atoms with van der Waals surface area (Å²) in [6.07, 6.45) is 0. The molecule has 0 aliphatic carbocycles. The maximum absolute atomic E-state index is 7.49. The van der Waals surface area contributed by atoms with Crippen LogP contribution < -0.4 is 5.73 Å². The van der Waals surface area contributed by atoms with Gasteiger partial charge in [0.25, 0.3) is 0 Å². The molecule has 0 saturated heterocycles. The van der Waals surface area contributed by atoms with Gasteiger partial charge >= 0.3 is 0 Å². The largest absolute Gasteiger partial charge is 0.387 e. The van der Waals surface area contributed by atoms with Crippen molar-refractivity contribution in [2.45, 2.75) is 34.6 Å². The summed E-state index contributed by atoms with van der Waals surface area (Å²) < 4.78 is 0. The zero-order valence-electron chi connectivity index (χ0n) is 8.23. The molecule has 0 atom stereocenters. The molecule has 2 heteroatoms. The lowest BCUT2D eigenvalue weighted by Crippen LogP contribution is -2.42. The summed E-state index contributed by atoms with van der Waals surface area (Å²) in [4.78, 5) is 0. The molecule has 0 heterocycles. The van der Waals surface area contributed by atoms with Gasteiger partial charge < -0.3 is 5.73 Å². The first kappa shape index (κ1) is 10.5. The molecule has 0 amide bonds. The van der Waals surface area contributed by atoms with Crippen molar-refractivity contribution in [1.82, 2.24) is 0 Å². The number of nitrogens with two attached hydrogens (primary N) is 1. The average Bonchev–Trinajstić information content (AvgIpc) is 1.84. The van der Waals surface area contributed by atoms with Crippen LogP contribution in [-0.4, -0.2) is 5.84 Å². The fourth-order valence-electron chi connectivity index (χ4n) is 1.29.